The highest BCUT2D eigenvalue weighted by atomic mass is 16.5. The fourth-order valence-electron chi connectivity index (χ4n) is 2.98. The number of hydrogen-bond donors (Lipinski definition) is 1. The fourth-order valence-corrected chi connectivity index (χ4v) is 2.98. The van der Waals surface area contributed by atoms with E-state index in [0.29, 0.717) is 0 Å². The van der Waals surface area contributed by atoms with Crippen LogP contribution in [0.3, 0.4) is 0 Å². The monoisotopic (exact) mass is 247 g/mol. The average Bonchev–Trinajstić information content (AvgIpc) is 2.79. The number of nitrogens with two attached hydrogens (primary N) is 1. The molecule has 2 aliphatic rings. The molecule has 4 nitrogen and oxygen atoms in total. The summed E-state index contributed by atoms with van der Waals surface area (Å²) < 4.78 is 5.39. The quantitative estimate of drug-likeness (QED) is 0.851. The van der Waals surface area contributed by atoms with Crippen molar-refractivity contribution in [3.05, 3.63) is 23.4 Å². The predicted octanol–water partition coefficient (Wildman–Crippen LogP) is 1.12. The topological polar surface area (TPSA) is 51.4 Å². The molecule has 98 valence electrons. The van der Waals surface area contributed by atoms with Crippen molar-refractivity contribution in [2.45, 2.75) is 37.8 Å². The van der Waals surface area contributed by atoms with Gasteiger partial charge in [0.05, 0.1) is 12.1 Å². The average molecular weight is 247 g/mol. The van der Waals surface area contributed by atoms with Crippen LogP contribution in [-0.4, -0.2) is 37.3 Å². The Labute approximate surface area is 108 Å². The molecule has 1 aliphatic heterocycles. The van der Waals surface area contributed by atoms with E-state index in [1.807, 2.05) is 0 Å². The van der Waals surface area contributed by atoms with Crippen molar-refractivity contribution in [3.8, 4) is 0 Å². The van der Waals surface area contributed by atoms with Crippen LogP contribution in [0.2, 0.25) is 0 Å². The van der Waals surface area contributed by atoms with E-state index in [-0.39, 0.29) is 12.1 Å². The molecule has 1 aliphatic carbocycles. The molecule has 4 heteroatoms. The van der Waals surface area contributed by atoms with Crippen LogP contribution in [0.4, 0.5) is 5.82 Å². The highest BCUT2D eigenvalue weighted by molar-refractivity contribution is 5.44. The third-order valence-corrected chi connectivity index (χ3v) is 4.10. The summed E-state index contributed by atoms with van der Waals surface area (Å²) in [6.45, 7) is 1.69. The summed E-state index contributed by atoms with van der Waals surface area (Å²) in [4.78, 5) is 7.06. The number of rotatable bonds is 2. The van der Waals surface area contributed by atoms with Gasteiger partial charge in [0.1, 0.15) is 5.82 Å². The Balaban J connectivity index is 1.81. The molecule has 0 amide bonds. The number of hydrogen-bond acceptors (Lipinski definition) is 4. The second kappa shape index (κ2) is 4.86. The van der Waals surface area contributed by atoms with Crippen LogP contribution < -0.4 is 10.6 Å². The van der Waals surface area contributed by atoms with E-state index in [4.69, 9.17) is 15.5 Å². The van der Waals surface area contributed by atoms with Crippen LogP contribution in [0.25, 0.3) is 0 Å². The summed E-state index contributed by atoms with van der Waals surface area (Å²) in [5, 5.41) is 0. The van der Waals surface area contributed by atoms with Crippen molar-refractivity contribution >= 4 is 5.82 Å². The highest BCUT2D eigenvalue weighted by Gasteiger charge is 2.31. The molecule has 2 atom stereocenters. The Hall–Kier alpha value is -1.13. The van der Waals surface area contributed by atoms with Gasteiger partial charge in [-0.1, -0.05) is 6.07 Å². The lowest BCUT2D eigenvalue weighted by Gasteiger charge is -2.21. The number of methoxy groups -OCH3 is 1. The van der Waals surface area contributed by atoms with E-state index in [2.05, 4.69) is 17.0 Å². The molecule has 0 aromatic carbocycles. The van der Waals surface area contributed by atoms with Gasteiger partial charge in [-0.15, -0.1) is 0 Å². The van der Waals surface area contributed by atoms with Crippen LogP contribution in [-0.2, 0) is 17.6 Å². The summed E-state index contributed by atoms with van der Waals surface area (Å²) in [5.74, 6) is 1.06. The largest absolute Gasteiger partial charge is 0.378 e. The summed E-state index contributed by atoms with van der Waals surface area (Å²) in [7, 11) is 1.73. The van der Waals surface area contributed by atoms with Gasteiger partial charge in [-0.2, -0.15) is 0 Å². The van der Waals surface area contributed by atoms with Gasteiger partial charge in [-0.25, -0.2) is 4.98 Å². The molecule has 0 radical (unpaired) electrons. The van der Waals surface area contributed by atoms with E-state index in [9.17, 15) is 0 Å². The van der Waals surface area contributed by atoms with Crippen molar-refractivity contribution in [2.24, 2.45) is 5.73 Å². The van der Waals surface area contributed by atoms with Crippen LogP contribution in [0.1, 0.15) is 24.1 Å². The standard InChI is InChI=1S/C14H21N3O/c1-18-13-9-17(8-11(13)15)14-7-6-10-4-2-3-5-12(10)16-14/h6-7,11,13H,2-5,8-9,15H2,1H3/t11-,13-/m0/s1. The van der Waals surface area contributed by atoms with Crippen molar-refractivity contribution in [2.75, 3.05) is 25.1 Å². The zero-order chi connectivity index (χ0) is 12.5. The van der Waals surface area contributed by atoms with E-state index < -0.39 is 0 Å². The molecule has 1 aromatic rings. The third-order valence-electron chi connectivity index (χ3n) is 4.10. The molecule has 1 aromatic heterocycles. The lowest BCUT2D eigenvalue weighted by molar-refractivity contribution is 0.108. The second-order valence-electron chi connectivity index (χ2n) is 5.33. The Morgan fingerprint density at radius 3 is 2.89 bits per heavy atom. The van der Waals surface area contributed by atoms with Crippen LogP contribution in [0.15, 0.2) is 12.1 Å². The van der Waals surface area contributed by atoms with Crippen LogP contribution in [0, 0.1) is 0 Å². The Kier molecular flexibility index (Phi) is 3.22. The molecule has 18 heavy (non-hydrogen) atoms. The number of fused-ring (bicyclic) bond motifs is 1. The van der Waals surface area contributed by atoms with Gasteiger partial charge < -0.3 is 15.4 Å². The third kappa shape index (κ3) is 2.10. The molecule has 1 saturated heterocycles. The Bertz CT molecular complexity index is 435. The number of ether oxygens (including phenoxy) is 1. The molecule has 0 bridgehead atoms. The SMILES string of the molecule is CO[C@H]1CN(c2ccc3c(n2)CCCC3)C[C@@H]1N. The molecular formula is C14H21N3O. The Morgan fingerprint density at radius 2 is 2.11 bits per heavy atom. The van der Waals surface area contributed by atoms with E-state index in [1.54, 1.807) is 7.11 Å². The molecule has 2 N–H and O–H groups in total. The molecular weight excluding hydrogens is 226 g/mol. The first-order chi connectivity index (χ1) is 8.78. The molecule has 0 unspecified atom stereocenters. The van der Waals surface area contributed by atoms with Gasteiger partial charge in [-0.3, -0.25) is 0 Å². The molecule has 1 fully saturated rings. The van der Waals surface area contributed by atoms with Gasteiger partial charge in [0.25, 0.3) is 0 Å². The first-order valence-corrected chi connectivity index (χ1v) is 6.80. The van der Waals surface area contributed by atoms with Crippen molar-refractivity contribution < 1.29 is 4.74 Å². The lowest BCUT2D eigenvalue weighted by atomic mass is 9.96. The van der Waals surface area contributed by atoms with Gasteiger partial charge in [0.2, 0.25) is 0 Å². The van der Waals surface area contributed by atoms with Gasteiger partial charge >= 0.3 is 0 Å². The number of aryl methyl sites for hydroxylation is 2. The highest BCUT2D eigenvalue weighted by Crippen LogP contribution is 2.25. The van der Waals surface area contributed by atoms with E-state index in [0.717, 1.165) is 25.3 Å². The minimum absolute atomic E-state index is 0.0906. The first kappa shape index (κ1) is 11.9. The summed E-state index contributed by atoms with van der Waals surface area (Å²) in [5.41, 5.74) is 8.77. The number of aromatic nitrogens is 1. The minimum Gasteiger partial charge on any atom is -0.378 e. The summed E-state index contributed by atoms with van der Waals surface area (Å²) in [6.07, 6.45) is 5.00. The van der Waals surface area contributed by atoms with Crippen LogP contribution >= 0.6 is 0 Å². The molecule has 0 spiro atoms. The zero-order valence-electron chi connectivity index (χ0n) is 10.9. The summed E-state index contributed by atoms with van der Waals surface area (Å²) in [6, 6.07) is 4.46. The molecule has 3 rings (SSSR count). The van der Waals surface area contributed by atoms with Crippen molar-refractivity contribution in [1.29, 1.82) is 0 Å². The van der Waals surface area contributed by atoms with Crippen molar-refractivity contribution in [1.82, 2.24) is 4.98 Å². The lowest BCUT2D eigenvalue weighted by Crippen LogP contribution is -2.34. The second-order valence-corrected chi connectivity index (χ2v) is 5.33. The first-order valence-electron chi connectivity index (χ1n) is 6.80. The normalized spacial score (nSPS) is 27.3. The zero-order valence-corrected chi connectivity index (χ0v) is 10.9. The smallest absolute Gasteiger partial charge is 0.128 e. The maximum Gasteiger partial charge on any atom is 0.128 e. The maximum absolute atomic E-state index is 6.06. The van der Waals surface area contributed by atoms with E-state index in [1.165, 1.54) is 30.5 Å². The Morgan fingerprint density at radius 1 is 1.28 bits per heavy atom. The van der Waals surface area contributed by atoms with Crippen LogP contribution in [0.5, 0.6) is 0 Å². The van der Waals surface area contributed by atoms with Gasteiger partial charge in [0, 0.05) is 25.9 Å². The van der Waals surface area contributed by atoms with Gasteiger partial charge in [-0.05, 0) is 37.3 Å². The minimum atomic E-state index is 0.0906. The molecule has 0 saturated carbocycles. The number of nitrogens with zero attached hydrogens (tertiary/aromatic N) is 2. The number of anilines is 1. The van der Waals surface area contributed by atoms with Gasteiger partial charge in [0.15, 0.2) is 0 Å². The maximum atomic E-state index is 6.06. The van der Waals surface area contributed by atoms with E-state index >= 15 is 0 Å². The molecule has 2 heterocycles. The fraction of sp³-hybridized carbons (Fsp3) is 0.643. The van der Waals surface area contributed by atoms with Crippen molar-refractivity contribution in [3.63, 3.8) is 0 Å². The summed E-state index contributed by atoms with van der Waals surface area (Å²) >= 11 is 0. The number of pyridine rings is 1. The predicted molar refractivity (Wildman–Crippen MR) is 71.9 cm³/mol.